The number of Topliss-reactive ketones (excluding diaryl/α,β-unsaturated/α-hetero) is 1. The van der Waals surface area contributed by atoms with Crippen LogP contribution in [-0.2, 0) is 4.79 Å². The van der Waals surface area contributed by atoms with Gasteiger partial charge in [-0.3, -0.25) is 4.79 Å². The number of hydrogen-bond acceptors (Lipinski definition) is 1. The van der Waals surface area contributed by atoms with E-state index >= 15 is 0 Å². The molecule has 10 heavy (non-hydrogen) atoms. The van der Waals surface area contributed by atoms with E-state index in [1.54, 1.807) is 0 Å². The fraction of sp³-hybridized carbons (Fsp3) is 0.875. The molecule has 2 nitrogen and oxygen atoms in total. The predicted octanol–water partition coefficient (Wildman–Crippen LogP) is 0.327. The Labute approximate surface area is 63.0 Å². The number of nitrogens with two attached hydrogens (primary N) is 1. The standard InChI is InChI=1S/C8H17NO/c1-5-7(10)6-9-8(2,3)4/h9H,5-6H2,1-4H3/p+1. The highest BCUT2D eigenvalue weighted by molar-refractivity contribution is 5.78. The molecule has 0 aliphatic rings. The van der Waals surface area contributed by atoms with Crippen molar-refractivity contribution in [3.05, 3.63) is 0 Å². The van der Waals surface area contributed by atoms with Crippen LogP contribution in [0.25, 0.3) is 0 Å². The highest BCUT2D eigenvalue weighted by Crippen LogP contribution is 1.88. The topological polar surface area (TPSA) is 33.7 Å². The SMILES string of the molecule is CCC(=O)C[NH2+]C(C)(C)C. The first kappa shape index (κ1) is 9.63. The molecule has 0 aromatic heterocycles. The summed E-state index contributed by atoms with van der Waals surface area (Å²) in [4.78, 5) is 10.8. The maximum atomic E-state index is 10.8. The smallest absolute Gasteiger partial charge is 0.186 e. The van der Waals surface area contributed by atoms with Gasteiger partial charge in [-0.25, -0.2) is 0 Å². The van der Waals surface area contributed by atoms with E-state index in [2.05, 4.69) is 26.1 Å². The summed E-state index contributed by atoms with van der Waals surface area (Å²) in [5.74, 6) is 0.329. The number of carbonyl (C=O) groups is 1. The average molecular weight is 144 g/mol. The lowest BCUT2D eigenvalue weighted by atomic mass is 10.1. The summed E-state index contributed by atoms with van der Waals surface area (Å²) < 4.78 is 0. The number of hydrogen-bond donors (Lipinski definition) is 1. The number of quaternary nitrogens is 1. The first-order valence-corrected chi connectivity index (χ1v) is 3.82. The molecule has 2 N–H and O–H groups in total. The molecular formula is C8H18NO+. The van der Waals surface area contributed by atoms with Gasteiger partial charge in [0.15, 0.2) is 5.78 Å². The lowest BCUT2D eigenvalue weighted by molar-refractivity contribution is -0.707. The van der Waals surface area contributed by atoms with Gasteiger partial charge in [-0.15, -0.1) is 0 Å². The van der Waals surface area contributed by atoms with Crippen LogP contribution in [-0.4, -0.2) is 17.9 Å². The van der Waals surface area contributed by atoms with Gasteiger partial charge < -0.3 is 5.32 Å². The minimum atomic E-state index is 0.185. The average Bonchev–Trinajstić information content (AvgIpc) is 1.81. The molecule has 0 fully saturated rings. The third-order valence-electron chi connectivity index (χ3n) is 1.34. The summed E-state index contributed by atoms with van der Waals surface area (Å²) in [6.45, 7) is 8.85. The molecule has 2 heteroatoms. The van der Waals surface area contributed by atoms with Gasteiger partial charge in [0, 0.05) is 6.42 Å². The Bertz CT molecular complexity index is 113. The highest BCUT2D eigenvalue weighted by Gasteiger charge is 2.13. The molecule has 0 rings (SSSR count). The van der Waals surface area contributed by atoms with E-state index in [9.17, 15) is 4.79 Å². The van der Waals surface area contributed by atoms with Crippen LogP contribution in [0.3, 0.4) is 0 Å². The van der Waals surface area contributed by atoms with Crippen LogP contribution >= 0.6 is 0 Å². The Balaban J connectivity index is 3.46. The van der Waals surface area contributed by atoms with E-state index in [-0.39, 0.29) is 5.54 Å². The number of rotatable bonds is 3. The minimum Gasteiger partial charge on any atom is -0.336 e. The molecule has 0 spiro atoms. The Morgan fingerprint density at radius 3 is 2.20 bits per heavy atom. The van der Waals surface area contributed by atoms with Crippen molar-refractivity contribution in [2.24, 2.45) is 0 Å². The van der Waals surface area contributed by atoms with Gasteiger partial charge >= 0.3 is 0 Å². The molecule has 0 saturated carbocycles. The van der Waals surface area contributed by atoms with Crippen LogP contribution in [0.2, 0.25) is 0 Å². The van der Waals surface area contributed by atoms with Crippen LogP contribution in [0, 0.1) is 0 Å². The zero-order valence-corrected chi connectivity index (χ0v) is 7.40. The lowest BCUT2D eigenvalue weighted by Gasteiger charge is -2.15. The van der Waals surface area contributed by atoms with Gasteiger partial charge in [-0.2, -0.15) is 0 Å². The second-order valence-corrected chi connectivity index (χ2v) is 3.67. The fourth-order valence-corrected chi connectivity index (χ4v) is 0.564. The van der Waals surface area contributed by atoms with E-state index in [1.807, 2.05) is 6.92 Å². The predicted molar refractivity (Wildman–Crippen MR) is 41.8 cm³/mol. The molecule has 0 amide bonds. The Kier molecular flexibility index (Phi) is 3.58. The molecule has 0 aromatic rings. The molecule has 60 valence electrons. The van der Waals surface area contributed by atoms with E-state index in [0.29, 0.717) is 18.7 Å². The summed E-state index contributed by atoms with van der Waals surface area (Å²) in [5, 5.41) is 2.07. The van der Waals surface area contributed by atoms with Crippen molar-refractivity contribution in [1.29, 1.82) is 0 Å². The van der Waals surface area contributed by atoms with E-state index in [4.69, 9.17) is 0 Å². The Morgan fingerprint density at radius 1 is 1.40 bits per heavy atom. The van der Waals surface area contributed by atoms with Gasteiger partial charge in [0.05, 0.1) is 5.54 Å². The van der Waals surface area contributed by atoms with E-state index < -0.39 is 0 Å². The van der Waals surface area contributed by atoms with Crippen molar-refractivity contribution in [2.45, 2.75) is 39.7 Å². The minimum absolute atomic E-state index is 0.185. The zero-order valence-electron chi connectivity index (χ0n) is 7.40. The second kappa shape index (κ2) is 3.71. The maximum Gasteiger partial charge on any atom is 0.186 e. The Hall–Kier alpha value is -0.370. The third-order valence-corrected chi connectivity index (χ3v) is 1.34. The summed E-state index contributed by atoms with van der Waals surface area (Å²) in [6, 6.07) is 0. The molecule has 0 heterocycles. The molecule has 0 radical (unpaired) electrons. The number of carbonyl (C=O) groups excluding carboxylic acids is 1. The molecule has 0 aromatic carbocycles. The first-order chi connectivity index (χ1) is 4.45. The van der Waals surface area contributed by atoms with Crippen LogP contribution in [0.5, 0.6) is 0 Å². The molecule has 0 aliphatic carbocycles. The van der Waals surface area contributed by atoms with Gasteiger partial charge in [0.25, 0.3) is 0 Å². The summed E-state index contributed by atoms with van der Waals surface area (Å²) >= 11 is 0. The number of ketones is 1. The molecular weight excluding hydrogens is 126 g/mol. The van der Waals surface area contributed by atoms with Crippen molar-refractivity contribution in [3.63, 3.8) is 0 Å². The highest BCUT2D eigenvalue weighted by atomic mass is 16.1. The van der Waals surface area contributed by atoms with E-state index in [1.165, 1.54) is 0 Å². The zero-order chi connectivity index (χ0) is 8.20. The van der Waals surface area contributed by atoms with Gasteiger partial charge in [-0.05, 0) is 20.8 Å². The molecule has 0 bridgehead atoms. The quantitative estimate of drug-likeness (QED) is 0.608. The van der Waals surface area contributed by atoms with Crippen molar-refractivity contribution in [3.8, 4) is 0 Å². The van der Waals surface area contributed by atoms with Gasteiger partial charge in [0.1, 0.15) is 6.54 Å². The van der Waals surface area contributed by atoms with Crippen molar-refractivity contribution in [2.75, 3.05) is 6.54 Å². The van der Waals surface area contributed by atoms with E-state index in [0.717, 1.165) is 0 Å². The molecule has 0 saturated heterocycles. The van der Waals surface area contributed by atoms with Gasteiger partial charge in [-0.1, -0.05) is 6.92 Å². The first-order valence-electron chi connectivity index (χ1n) is 3.82. The van der Waals surface area contributed by atoms with Crippen LogP contribution in [0.1, 0.15) is 34.1 Å². The van der Waals surface area contributed by atoms with Crippen LogP contribution in [0.4, 0.5) is 0 Å². The molecule has 0 unspecified atom stereocenters. The third kappa shape index (κ3) is 5.76. The summed E-state index contributed by atoms with van der Waals surface area (Å²) in [6.07, 6.45) is 0.659. The van der Waals surface area contributed by atoms with Crippen molar-refractivity contribution in [1.82, 2.24) is 0 Å². The molecule has 0 atom stereocenters. The summed E-state index contributed by atoms with van der Waals surface area (Å²) in [5.41, 5.74) is 0.185. The fourth-order valence-electron chi connectivity index (χ4n) is 0.564. The van der Waals surface area contributed by atoms with Crippen molar-refractivity contribution < 1.29 is 10.1 Å². The van der Waals surface area contributed by atoms with Crippen molar-refractivity contribution >= 4 is 5.78 Å². The largest absolute Gasteiger partial charge is 0.336 e. The normalized spacial score (nSPS) is 11.6. The molecule has 0 aliphatic heterocycles. The van der Waals surface area contributed by atoms with Crippen LogP contribution in [0.15, 0.2) is 0 Å². The lowest BCUT2D eigenvalue weighted by Crippen LogP contribution is -2.95. The summed E-state index contributed by atoms with van der Waals surface area (Å²) in [7, 11) is 0. The second-order valence-electron chi connectivity index (χ2n) is 3.67. The monoisotopic (exact) mass is 144 g/mol. The Morgan fingerprint density at radius 2 is 1.90 bits per heavy atom. The maximum absolute atomic E-state index is 10.8. The van der Waals surface area contributed by atoms with Crippen LogP contribution < -0.4 is 5.32 Å². The van der Waals surface area contributed by atoms with Gasteiger partial charge in [0.2, 0.25) is 0 Å².